The van der Waals surface area contributed by atoms with Crippen LogP contribution in [0.4, 0.5) is 0 Å². The lowest BCUT2D eigenvalue weighted by molar-refractivity contribution is -0.138. The van der Waals surface area contributed by atoms with Crippen LogP contribution in [0.2, 0.25) is 0 Å². The number of esters is 1. The third kappa shape index (κ3) is 3.12. The highest BCUT2D eigenvalue weighted by molar-refractivity contribution is 6.02. The Hall–Kier alpha value is -3.48. The smallest absolute Gasteiger partial charge is 0.327 e. The number of methoxy groups -OCH3 is 1. The van der Waals surface area contributed by atoms with Gasteiger partial charge >= 0.3 is 5.97 Å². The van der Waals surface area contributed by atoms with Gasteiger partial charge in [-0.05, 0) is 18.2 Å². The van der Waals surface area contributed by atoms with Gasteiger partial charge in [0.15, 0.2) is 0 Å². The average Bonchev–Trinajstić information content (AvgIpc) is 2.65. The van der Waals surface area contributed by atoms with E-state index in [1.807, 2.05) is 0 Å². The Morgan fingerprint density at radius 3 is 2.64 bits per heavy atom. The molecule has 126 valence electrons. The predicted molar refractivity (Wildman–Crippen MR) is 93.5 cm³/mol. The summed E-state index contributed by atoms with van der Waals surface area (Å²) in [5.41, 5.74) is -0.0679. The van der Waals surface area contributed by atoms with Crippen molar-refractivity contribution >= 4 is 23.0 Å². The summed E-state index contributed by atoms with van der Waals surface area (Å²) in [4.78, 5) is 32.1. The van der Waals surface area contributed by atoms with Gasteiger partial charge in [-0.3, -0.25) is 14.6 Å². The van der Waals surface area contributed by atoms with E-state index in [0.717, 1.165) is 4.57 Å². The van der Waals surface area contributed by atoms with Crippen molar-refractivity contribution in [2.24, 2.45) is 4.99 Å². The van der Waals surface area contributed by atoms with Crippen LogP contribution < -0.4 is 5.56 Å². The van der Waals surface area contributed by atoms with Gasteiger partial charge in [0.1, 0.15) is 12.4 Å². The Morgan fingerprint density at radius 2 is 1.96 bits per heavy atom. The standard InChI is InChI=1S/C18H15N3O4/c1-25-16(22)11-19-10-14-12-6-2-3-7-13(12)17(23)21(18(14)24)15-8-4-5-9-20-15/h2-10,24H,11H2,1H3. The van der Waals surface area contributed by atoms with Gasteiger partial charge in [-0.2, -0.15) is 0 Å². The lowest BCUT2D eigenvalue weighted by Gasteiger charge is -2.12. The van der Waals surface area contributed by atoms with Crippen molar-refractivity contribution in [1.29, 1.82) is 0 Å². The fraction of sp³-hybridized carbons (Fsp3) is 0.111. The molecule has 0 unspecified atom stereocenters. The van der Waals surface area contributed by atoms with Gasteiger partial charge in [-0.25, -0.2) is 9.55 Å². The maximum absolute atomic E-state index is 12.8. The molecule has 1 aromatic carbocycles. The maximum atomic E-state index is 12.8. The highest BCUT2D eigenvalue weighted by atomic mass is 16.5. The van der Waals surface area contributed by atoms with E-state index in [1.165, 1.54) is 19.5 Å². The molecule has 25 heavy (non-hydrogen) atoms. The number of carbonyl (C=O) groups is 1. The molecule has 0 amide bonds. The fourth-order valence-electron chi connectivity index (χ4n) is 2.46. The van der Waals surface area contributed by atoms with Gasteiger partial charge in [0.05, 0.1) is 12.7 Å². The first-order valence-corrected chi connectivity index (χ1v) is 7.48. The summed E-state index contributed by atoms with van der Waals surface area (Å²) in [7, 11) is 1.27. The predicted octanol–water partition coefficient (Wildman–Crippen LogP) is 1.68. The topological polar surface area (TPSA) is 93.8 Å². The molecule has 2 aromatic heterocycles. The minimum Gasteiger partial charge on any atom is -0.494 e. The van der Waals surface area contributed by atoms with Crippen LogP contribution in [0.3, 0.4) is 0 Å². The SMILES string of the molecule is COC(=O)CN=Cc1c(O)n(-c2ccccn2)c(=O)c2ccccc12. The van der Waals surface area contributed by atoms with Crippen LogP contribution >= 0.6 is 0 Å². The van der Waals surface area contributed by atoms with Gasteiger partial charge in [0, 0.05) is 23.2 Å². The molecular formula is C18H15N3O4. The minimum atomic E-state index is -0.502. The van der Waals surface area contributed by atoms with Crippen LogP contribution in [0.15, 0.2) is 58.4 Å². The van der Waals surface area contributed by atoms with Crippen LogP contribution in [0.1, 0.15) is 5.56 Å². The van der Waals surface area contributed by atoms with Crippen molar-refractivity contribution in [1.82, 2.24) is 9.55 Å². The van der Waals surface area contributed by atoms with Crippen LogP contribution in [0.25, 0.3) is 16.6 Å². The number of hydrogen-bond donors (Lipinski definition) is 1. The average molecular weight is 337 g/mol. The zero-order chi connectivity index (χ0) is 17.8. The first-order chi connectivity index (χ1) is 12.1. The van der Waals surface area contributed by atoms with Crippen molar-refractivity contribution in [2.45, 2.75) is 0 Å². The summed E-state index contributed by atoms with van der Waals surface area (Å²) in [5, 5.41) is 11.6. The molecule has 7 heteroatoms. The van der Waals surface area contributed by atoms with E-state index in [2.05, 4.69) is 14.7 Å². The van der Waals surface area contributed by atoms with Gasteiger partial charge in [0.25, 0.3) is 5.56 Å². The number of aromatic hydroxyl groups is 1. The molecule has 7 nitrogen and oxygen atoms in total. The minimum absolute atomic E-state index is 0.188. The quantitative estimate of drug-likeness (QED) is 0.577. The molecule has 0 radical (unpaired) electrons. The van der Waals surface area contributed by atoms with E-state index in [1.54, 1.807) is 42.5 Å². The molecule has 0 saturated carbocycles. The van der Waals surface area contributed by atoms with E-state index in [4.69, 9.17) is 0 Å². The molecule has 0 saturated heterocycles. The van der Waals surface area contributed by atoms with E-state index >= 15 is 0 Å². The van der Waals surface area contributed by atoms with Gasteiger partial charge in [-0.15, -0.1) is 0 Å². The second-order valence-electron chi connectivity index (χ2n) is 5.16. The molecule has 0 aliphatic carbocycles. The Balaban J connectivity index is 2.25. The normalized spacial score (nSPS) is 11.1. The number of benzene rings is 1. The van der Waals surface area contributed by atoms with Gasteiger partial charge < -0.3 is 9.84 Å². The molecule has 1 N–H and O–H groups in total. The van der Waals surface area contributed by atoms with Crippen molar-refractivity contribution in [3.8, 4) is 11.7 Å². The lowest BCUT2D eigenvalue weighted by atomic mass is 10.1. The molecule has 2 heterocycles. The Kier molecular flexibility index (Phi) is 4.56. The summed E-state index contributed by atoms with van der Waals surface area (Å²) in [6.45, 7) is -0.188. The molecule has 0 fully saturated rings. The van der Waals surface area contributed by atoms with Crippen LogP contribution in [0.5, 0.6) is 5.88 Å². The number of hydrogen-bond acceptors (Lipinski definition) is 6. The summed E-state index contributed by atoms with van der Waals surface area (Å²) >= 11 is 0. The molecule has 0 aliphatic heterocycles. The number of aromatic nitrogens is 2. The lowest BCUT2D eigenvalue weighted by Crippen LogP contribution is -2.21. The van der Waals surface area contributed by atoms with Crippen molar-refractivity contribution in [3.05, 3.63) is 64.6 Å². The van der Waals surface area contributed by atoms with E-state index in [-0.39, 0.29) is 12.4 Å². The second-order valence-corrected chi connectivity index (χ2v) is 5.16. The Bertz CT molecular complexity index is 1010. The number of carbonyl (C=O) groups excluding carboxylic acids is 1. The van der Waals surface area contributed by atoms with E-state index in [0.29, 0.717) is 22.2 Å². The first-order valence-electron chi connectivity index (χ1n) is 7.48. The number of rotatable bonds is 4. The summed E-state index contributed by atoms with van der Waals surface area (Å²) in [6.07, 6.45) is 2.88. The highest BCUT2D eigenvalue weighted by Crippen LogP contribution is 2.25. The zero-order valence-corrected chi connectivity index (χ0v) is 13.4. The number of aliphatic imine (C=N–C) groups is 1. The molecule has 0 bridgehead atoms. The van der Waals surface area contributed by atoms with Crippen molar-refractivity contribution < 1.29 is 14.6 Å². The molecule has 0 aliphatic rings. The highest BCUT2D eigenvalue weighted by Gasteiger charge is 2.16. The Labute approximate surface area is 142 Å². The van der Waals surface area contributed by atoms with Crippen molar-refractivity contribution in [3.63, 3.8) is 0 Å². The second kappa shape index (κ2) is 6.96. The first kappa shape index (κ1) is 16.4. The van der Waals surface area contributed by atoms with Crippen LogP contribution in [-0.2, 0) is 9.53 Å². The summed E-state index contributed by atoms with van der Waals surface area (Å²) < 4.78 is 5.65. The Morgan fingerprint density at radius 1 is 1.24 bits per heavy atom. The largest absolute Gasteiger partial charge is 0.494 e. The molecule has 0 spiro atoms. The fourth-order valence-corrected chi connectivity index (χ4v) is 2.46. The van der Waals surface area contributed by atoms with E-state index in [9.17, 15) is 14.7 Å². The summed E-state index contributed by atoms with van der Waals surface area (Å²) in [5.74, 6) is -0.507. The number of ether oxygens (including phenoxy) is 1. The van der Waals surface area contributed by atoms with Gasteiger partial charge in [0.2, 0.25) is 5.88 Å². The van der Waals surface area contributed by atoms with Gasteiger partial charge in [-0.1, -0.05) is 24.3 Å². The molecule has 3 rings (SSSR count). The summed E-state index contributed by atoms with van der Waals surface area (Å²) in [6, 6.07) is 11.9. The number of fused-ring (bicyclic) bond motifs is 1. The van der Waals surface area contributed by atoms with Crippen LogP contribution in [-0.4, -0.2) is 40.5 Å². The number of nitrogens with zero attached hydrogens (tertiary/aromatic N) is 3. The maximum Gasteiger partial charge on any atom is 0.327 e. The van der Waals surface area contributed by atoms with Crippen molar-refractivity contribution in [2.75, 3.05) is 13.7 Å². The third-order valence-corrected chi connectivity index (χ3v) is 3.65. The van der Waals surface area contributed by atoms with E-state index < -0.39 is 11.5 Å². The molecular weight excluding hydrogens is 322 g/mol. The molecule has 0 atom stereocenters. The third-order valence-electron chi connectivity index (χ3n) is 3.65. The molecule has 3 aromatic rings. The monoisotopic (exact) mass is 337 g/mol. The van der Waals surface area contributed by atoms with Crippen LogP contribution in [0, 0.1) is 0 Å². The number of pyridine rings is 2. The zero-order valence-electron chi connectivity index (χ0n) is 13.4.